The number of hydrogen-bond donors (Lipinski definition) is 2. The molecule has 2 N–H and O–H groups in total. The molecule has 0 unspecified atom stereocenters. The van der Waals surface area contributed by atoms with Gasteiger partial charge in [-0.1, -0.05) is 12.2 Å². The molecule has 0 spiro atoms. The zero-order valence-corrected chi connectivity index (χ0v) is 8.94. The van der Waals surface area contributed by atoms with Crippen molar-refractivity contribution in [2.24, 2.45) is 0 Å². The van der Waals surface area contributed by atoms with E-state index in [4.69, 9.17) is 0 Å². The molecule has 1 saturated carbocycles. The third-order valence-electron chi connectivity index (χ3n) is 2.13. The van der Waals surface area contributed by atoms with Crippen LogP contribution in [-0.4, -0.2) is 25.0 Å². The molecule has 0 bridgehead atoms. The summed E-state index contributed by atoms with van der Waals surface area (Å²) in [5.74, 6) is 0.199. The smallest absolute Gasteiger partial charge is 0.220 e. The summed E-state index contributed by atoms with van der Waals surface area (Å²) in [6.07, 6.45) is 3.88. The first kappa shape index (κ1) is 11.2. The standard InChI is InChI=1S/C11H20N2O/c1-9(2)8-12-7-3-4-11(14)13-10-5-6-10/h10,12H,1,3-8H2,2H3,(H,13,14). The van der Waals surface area contributed by atoms with E-state index in [9.17, 15) is 4.79 Å². The maximum atomic E-state index is 11.2. The summed E-state index contributed by atoms with van der Waals surface area (Å²) in [5, 5.41) is 6.20. The molecule has 14 heavy (non-hydrogen) atoms. The summed E-state index contributed by atoms with van der Waals surface area (Å²) in [6, 6.07) is 0.492. The van der Waals surface area contributed by atoms with Gasteiger partial charge in [-0.25, -0.2) is 0 Å². The van der Waals surface area contributed by atoms with Crippen molar-refractivity contribution in [2.45, 2.75) is 38.6 Å². The first-order valence-corrected chi connectivity index (χ1v) is 5.33. The highest BCUT2D eigenvalue weighted by Crippen LogP contribution is 2.18. The lowest BCUT2D eigenvalue weighted by molar-refractivity contribution is -0.121. The molecule has 1 aliphatic rings. The van der Waals surface area contributed by atoms with Crippen LogP contribution in [0.1, 0.15) is 32.6 Å². The molecule has 3 nitrogen and oxygen atoms in total. The van der Waals surface area contributed by atoms with E-state index in [1.165, 1.54) is 12.8 Å². The van der Waals surface area contributed by atoms with E-state index in [1.807, 2.05) is 6.92 Å². The number of hydrogen-bond acceptors (Lipinski definition) is 2. The lowest BCUT2D eigenvalue weighted by atomic mass is 10.3. The summed E-state index contributed by atoms with van der Waals surface area (Å²) in [5.41, 5.74) is 1.13. The fourth-order valence-electron chi connectivity index (χ4n) is 1.20. The maximum Gasteiger partial charge on any atom is 0.220 e. The highest BCUT2D eigenvalue weighted by atomic mass is 16.1. The van der Waals surface area contributed by atoms with Crippen LogP contribution in [0, 0.1) is 0 Å². The van der Waals surface area contributed by atoms with Gasteiger partial charge < -0.3 is 10.6 Å². The molecular formula is C11H20N2O. The third-order valence-corrected chi connectivity index (χ3v) is 2.13. The second kappa shape index (κ2) is 5.81. The Kier molecular flexibility index (Phi) is 4.66. The Morgan fingerprint density at radius 3 is 2.79 bits per heavy atom. The number of nitrogens with one attached hydrogen (secondary N) is 2. The Morgan fingerprint density at radius 1 is 1.50 bits per heavy atom. The summed E-state index contributed by atoms with van der Waals surface area (Å²) in [6.45, 7) is 7.53. The molecule has 1 rings (SSSR count). The summed E-state index contributed by atoms with van der Waals surface area (Å²) in [7, 11) is 0. The van der Waals surface area contributed by atoms with Gasteiger partial charge in [-0.05, 0) is 32.7 Å². The molecule has 0 aromatic rings. The van der Waals surface area contributed by atoms with Crippen molar-refractivity contribution in [3.05, 3.63) is 12.2 Å². The largest absolute Gasteiger partial charge is 0.353 e. The van der Waals surface area contributed by atoms with Crippen LogP contribution < -0.4 is 10.6 Å². The molecule has 0 aromatic heterocycles. The molecule has 1 aliphatic carbocycles. The molecule has 0 aromatic carbocycles. The third kappa shape index (κ3) is 5.75. The fraction of sp³-hybridized carbons (Fsp3) is 0.727. The first-order chi connectivity index (χ1) is 6.68. The van der Waals surface area contributed by atoms with Gasteiger partial charge >= 0.3 is 0 Å². The van der Waals surface area contributed by atoms with Crippen molar-refractivity contribution < 1.29 is 4.79 Å². The van der Waals surface area contributed by atoms with Gasteiger partial charge in [-0.3, -0.25) is 4.79 Å². The first-order valence-electron chi connectivity index (χ1n) is 5.33. The molecule has 3 heteroatoms. The molecule has 0 aliphatic heterocycles. The van der Waals surface area contributed by atoms with E-state index < -0.39 is 0 Å². The van der Waals surface area contributed by atoms with Crippen LogP contribution >= 0.6 is 0 Å². The summed E-state index contributed by atoms with van der Waals surface area (Å²) in [4.78, 5) is 11.2. The zero-order valence-electron chi connectivity index (χ0n) is 8.94. The van der Waals surface area contributed by atoms with Crippen LogP contribution in [-0.2, 0) is 4.79 Å². The molecule has 1 amide bonds. The van der Waals surface area contributed by atoms with E-state index in [2.05, 4.69) is 17.2 Å². The van der Waals surface area contributed by atoms with Gasteiger partial charge in [0.2, 0.25) is 5.91 Å². The van der Waals surface area contributed by atoms with Gasteiger partial charge in [0.25, 0.3) is 0 Å². The molecule has 0 saturated heterocycles. The highest BCUT2D eigenvalue weighted by Gasteiger charge is 2.22. The van der Waals surface area contributed by atoms with Crippen LogP contribution in [0.2, 0.25) is 0 Å². The second-order valence-electron chi connectivity index (χ2n) is 4.08. The van der Waals surface area contributed by atoms with Crippen LogP contribution in [0.3, 0.4) is 0 Å². The minimum Gasteiger partial charge on any atom is -0.353 e. The van der Waals surface area contributed by atoms with Crippen molar-refractivity contribution in [2.75, 3.05) is 13.1 Å². The number of carbonyl (C=O) groups excluding carboxylic acids is 1. The Hall–Kier alpha value is -0.830. The van der Waals surface area contributed by atoms with E-state index in [1.54, 1.807) is 0 Å². The lowest BCUT2D eigenvalue weighted by Crippen LogP contribution is -2.26. The van der Waals surface area contributed by atoms with Crippen molar-refractivity contribution in [1.82, 2.24) is 10.6 Å². The molecule has 0 heterocycles. The second-order valence-corrected chi connectivity index (χ2v) is 4.08. The predicted molar refractivity (Wildman–Crippen MR) is 58.1 cm³/mol. The van der Waals surface area contributed by atoms with Gasteiger partial charge in [0.15, 0.2) is 0 Å². The average molecular weight is 196 g/mol. The maximum absolute atomic E-state index is 11.2. The molecule has 1 fully saturated rings. The van der Waals surface area contributed by atoms with Crippen molar-refractivity contribution in [3.8, 4) is 0 Å². The predicted octanol–water partition coefficient (Wildman–Crippen LogP) is 1.21. The van der Waals surface area contributed by atoms with Gasteiger partial charge in [0.05, 0.1) is 0 Å². The normalized spacial score (nSPS) is 15.2. The SMILES string of the molecule is C=C(C)CNCCCC(=O)NC1CC1. The lowest BCUT2D eigenvalue weighted by Gasteiger charge is -2.04. The number of rotatable bonds is 7. The van der Waals surface area contributed by atoms with Gasteiger partial charge in [-0.15, -0.1) is 0 Å². The van der Waals surface area contributed by atoms with Crippen molar-refractivity contribution in [3.63, 3.8) is 0 Å². The van der Waals surface area contributed by atoms with Crippen LogP contribution in [0.4, 0.5) is 0 Å². The Morgan fingerprint density at radius 2 is 2.21 bits per heavy atom. The Bertz CT molecular complexity index is 209. The minimum atomic E-state index is 0.199. The van der Waals surface area contributed by atoms with Crippen LogP contribution in [0.15, 0.2) is 12.2 Å². The van der Waals surface area contributed by atoms with E-state index >= 15 is 0 Å². The molecular weight excluding hydrogens is 176 g/mol. The van der Waals surface area contributed by atoms with Gasteiger partial charge in [0.1, 0.15) is 0 Å². The molecule has 80 valence electrons. The zero-order chi connectivity index (χ0) is 10.4. The van der Waals surface area contributed by atoms with Gasteiger partial charge in [0, 0.05) is 19.0 Å². The van der Waals surface area contributed by atoms with Crippen molar-refractivity contribution in [1.29, 1.82) is 0 Å². The molecule has 0 radical (unpaired) electrons. The van der Waals surface area contributed by atoms with E-state index in [0.29, 0.717) is 12.5 Å². The topological polar surface area (TPSA) is 41.1 Å². The van der Waals surface area contributed by atoms with Gasteiger partial charge in [-0.2, -0.15) is 0 Å². The number of carbonyl (C=O) groups is 1. The Labute approximate surface area is 86.0 Å². The fourth-order valence-corrected chi connectivity index (χ4v) is 1.20. The quantitative estimate of drug-likeness (QED) is 0.474. The van der Waals surface area contributed by atoms with Crippen molar-refractivity contribution >= 4 is 5.91 Å². The van der Waals surface area contributed by atoms with E-state index in [-0.39, 0.29) is 5.91 Å². The summed E-state index contributed by atoms with van der Waals surface area (Å²) < 4.78 is 0. The summed E-state index contributed by atoms with van der Waals surface area (Å²) >= 11 is 0. The average Bonchev–Trinajstić information content (AvgIpc) is 2.87. The highest BCUT2D eigenvalue weighted by molar-refractivity contribution is 5.76. The minimum absolute atomic E-state index is 0.199. The van der Waals surface area contributed by atoms with E-state index in [0.717, 1.165) is 25.1 Å². The number of amides is 1. The monoisotopic (exact) mass is 196 g/mol. The van der Waals surface area contributed by atoms with Crippen LogP contribution in [0.5, 0.6) is 0 Å². The molecule has 0 atom stereocenters. The Balaban J connectivity index is 1.87. The van der Waals surface area contributed by atoms with Crippen LogP contribution in [0.25, 0.3) is 0 Å².